The average Bonchev–Trinajstić information content (AvgIpc) is 2.94. The highest BCUT2D eigenvalue weighted by Crippen LogP contribution is 2.23. The smallest absolute Gasteiger partial charge is 0.254 e. The number of aliphatic hydroxyl groups excluding tert-OH is 1. The molecule has 1 atom stereocenters. The number of aliphatic hydroxyl groups is 1. The number of nitrogens with zero attached hydrogens (tertiary/aromatic N) is 2. The van der Waals surface area contributed by atoms with E-state index in [1.165, 1.54) is 0 Å². The number of rotatable bonds is 5. The normalized spacial score (nSPS) is 18.3. The molecule has 2 rings (SSSR count). The summed E-state index contributed by atoms with van der Waals surface area (Å²) in [6, 6.07) is 3.71. The third kappa shape index (κ3) is 3.73. The van der Waals surface area contributed by atoms with E-state index in [1.54, 1.807) is 0 Å². The van der Waals surface area contributed by atoms with E-state index >= 15 is 0 Å². The lowest BCUT2D eigenvalue weighted by molar-refractivity contribution is 0.0784. The highest BCUT2D eigenvalue weighted by atomic mass is 16.3. The van der Waals surface area contributed by atoms with Crippen molar-refractivity contribution in [2.75, 3.05) is 32.1 Å². The van der Waals surface area contributed by atoms with Gasteiger partial charge in [0, 0.05) is 38.0 Å². The fourth-order valence-electron chi connectivity index (χ4n) is 2.72. The quantitative estimate of drug-likeness (QED) is 0.872. The van der Waals surface area contributed by atoms with Crippen molar-refractivity contribution in [2.24, 2.45) is 5.92 Å². The van der Waals surface area contributed by atoms with Crippen LogP contribution >= 0.6 is 0 Å². The van der Waals surface area contributed by atoms with Gasteiger partial charge in [-0.2, -0.15) is 0 Å². The molecule has 0 spiro atoms. The molecule has 0 aromatic carbocycles. The van der Waals surface area contributed by atoms with Gasteiger partial charge in [0.15, 0.2) is 0 Å². The Bertz CT molecular complexity index is 502. The Kier molecular flexibility index (Phi) is 5.17. The summed E-state index contributed by atoms with van der Waals surface area (Å²) in [5.74, 6) is 1.51. The molecule has 1 aromatic heterocycles. The van der Waals surface area contributed by atoms with Crippen LogP contribution in [0.25, 0.3) is 0 Å². The summed E-state index contributed by atoms with van der Waals surface area (Å²) < 4.78 is 0. The summed E-state index contributed by atoms with van der Waals surface area (Å²) in [4.78, 5) is 19.0. The molecule has 1 fully saturated rings. The first kappa shape index (κ1) is 15.8. The predicted octanol–water partition coefficient (Wildman–Crippen LogP) is 2.09. The molecule has 116 valence electrons. The Balaban J connectivity index is 2.17. The van der Waals surface area contributed by atoms with Crippen LogP contribution in [-0.2, 0) is 0 Å². The monoisotopic (exact) mass is 291 g/mol. The first-order valence-corrected chi connectivity index (χ1v) is 7.65. The van der Waals surface area contributed by atoms with Crippen LogP contribution in [0.1, 0.15) is 48.7 Å². The molecule has 5 nitrogen and oxygen atoms in total. The summed E-state index contributed by atoms with van der Waals surface area (Å²) in [5.41, 5.74) is 1.62. The zero-order valence-corrected chi connectivity index (χ0v) is 13.1. The lowest BCUT2D eigenvalue weighted by Crippen LogP contribution is -2.29. The number of pyridine rings is 1. The molecule has 0 bridgehead atoms. The largest absolute Gasteiger partial charge is 0.396 e. The molecule has 21 heavy (non-hydrogen) atoms. The third-order valence-electron chi connectivity index (χ3n) is 4.05. The summed E-state index contributed by atoms with van der Waals surface area (Å²) >= 11 is 0. The van der Waals surface area contributed by atoms with Crippen molar-refractivity contribution >= 4 is 11.7 Å². The van der Waals surface area contributed by atoms with Gasteiger partial charge >= 0.3 is 0 Å². The van der Waals surface area contributed by atoms with E-state index in [2.05, 4.69) is 24.1 Å². The van der Waals surface area contributed by atoms with Crippen molar-refractivity contribution in [1.82, 2.24) is 9.88 Å². The lowest BCUT2D eigenvalue weighted by Gasteiger charge is -2.18. The first-order valence-electron chi connectivity index (χ1n) is 7.65. The standard InChI is InChI=1S/C16H25N3O2/c1-11(2)14-8-13(9-15(17-3)18-14)16(21)19-6-4-12(10-19)5-7-20/h8-9,11-12,20H,4-7,10H2,1-3H3,(H,17,18). The molecule has 1 aromatic rings. The van der Waals surface area contributed by atoms with Crippen LogP contribution in [0.2, 0.25) is 0 Å². The number of hydrogen-bond acceptors (Lipinski definition) is 4. The van der Waals surface area contributed by atoms with Gasteiger partial charge in [0.2, 0.25) is 0 Å². The number of carbonyl (C=O) groups excluding carboxylic acids is 1. The van der Waals surface area contributed by atoms with Gasteiger partial charge in [-0.25, -0.2) is 4.98 Å². The SMILES string of the molecule is CNc1cc(C(=O)N2CCC(CCO)C2)cc(C(C)C)n1. The summed E-state index contributed by atoms with van der Waals surface area (Å²) in [6.07, 6.45) is 1.76. The lowest BCUT2D eigenvalue weighted by atomic mass is 10.1. The number of carbonyl (C=O) groups is 1. The molecule has 1 amide bonds. The van der Waals surface area contributed by atoms with Crippen LogP contribution in [0.3, 0.4) is 0 Å². The number of hydrogen-bond donors (Lipinski definition) is 2. The van der Waals surface area contributed by atoms with E-state index in [4.69, 9.17) is 5.11 Å². The molecule has 0 saturated carbocycles. The topological polar surface area (TPSA) is 65.5 Å². The number of likely N-dealkylation sites (tertiary alicyclic amines) is 1. The van der Waals surface area contributed by atoms with E-state index in [1.807, 2.05) is 24.1 Å². The zero-order chi connectivity index (χ0) is 15.4. The first-order chi connectivity index (χ1) is 10.0. The highest BCUT2D eigenvalue weighted by molar-refractivity contribution is 5.95. The second-order valence-electron chi connectivity index (χ2n) is 5.99. The molecule has 5 heteroatoms. The van der Waals surface area contributed by atoms with Gasteiger partial charge in [0.1, 0.15) is 5.82 Å². The Hall–Kier alpha value is -1.62. The Morgan fingerprint density at radius 1 is 1.52 bits per heavy atom. The number of aromatic nitrogens is 1. The maximum Gasteiger partial charge on any atom is 0.254 e. The molecule has 1 aliphatic heterocycles. The maximum absolute atomic E-state index is 12.6. The van der Waals surface area contributed by atoms with Gasteiger partial charge < -0.3 is 15.3 Å². The second-order valence-corrected chi connectivity index (χ2v) is 5.99. The van der Waals surface area contributed by atoms with Gasteiger partial charge in [0.05, 0.1) is 0 Å². The molecule has 1 saturated heterocycles. The van der Waals surface area contributed by atoms with Crippen LogP contribution in [0.4, 0.5) is 5.82 Å². The molecular formula is C16H25N3O2. The molecule has 0 radical (unpaired) electrons. The summed E-state index contributed by atoms with van der Waals surface area (Å²) in [7, 11) is 1.81. The molecule has 2 heterocycles. The van der Waals surface area contributed by atoms with Crippen LogP contribution in [0.5, 0.6) is 0 Å². The minimum absolute atomic E-state index is 0.0660. The molecular weight excluding hydrogens is 266 g/mol. The predicted molar refractivity (Wildman–Crippen MR) is 83.6 cm³/mol. The molecule has 1 aliphatic rings. The van der Waals surface area contributed by atoms with Gasteiger partial charge in [-0.05, 0) is 36.8 Å². The van der Waals surface area contributed by atoms with Crippen molar-refractivity contribution in [3.05, 3.63) is 23.4 Å². The fraction of sp³-hybridized carbons (Fsp3) is 0.625. The Labute approximate surface area is 126 Å². The van der Waals surface area contributed by atoms with Gasteiger partial charge in [-0.15, -0.1) is 0 Å². The van der Waals surface area contributed by atoms with E-state index in [9.17, 15) is 4.79 Å². The molecule has 0 aliphatic carbocycles. The number of amides is 1. The van der Waals surface area contributed by atoms with Crippen molar-refractivity contribution in [3.63, 3.8) is 0 Å². The Morgan fingerprint density at radius 3 is 2.90 bits per heavy atom. The van der Waals surface area contributed by atoms with Crippen LogP contribution in [-0.4, -0.2) is 47.6 Å². The van der Waals surface area contributed by atoms with E-state index in [-0.39, 0.29) is 18.4 Å². The van der Waals surface area contributed by atoms with E-state index in [0.29, 0.717) is 11.5 Å². The number of anilines is 1. The minimum Gasteiger partial charge on any atom is -0.396 e. The van der Waals surface area contributed by atoms with E-state index < -0.39 is 0 Å². The zero-order valence-electron chi connectivity index (χ0n) is 13.1. The highest BCUT2D eigenvalue weighted by Gasteiger charge is 2.27. The fourth-order valence-corrected chi connectivity index (χ4v) is 2.72. The van der Waals surface area contributed by atoms with Gasteiger partial charge in [0.25, 0.3) is 5.91 Å². The average molecular weight is 291 g/mol. The molecule has 1 unspecified atom stereocenters. The minimum atomic E-state index is 0.0660. The van der Waals surface area contributed by atoms with Crippen molar-refractivity contribution < 1.29 is 9.90 Å². The van der Waals surface area contributed by atoms with Crippen LogP contribution < -0.4 is 5.32 Å². The van der Waals surface area contributed by atoms with Crippen molar-refractivity contribution in [2.45, 2.75) is 32.6 Å². The second kappa shape index (κ2) is 6.89. The summed E-state index contributed by atoms with van der Waals surface area (Å²) in [5, 5.41) is 12.0. The van der Waals surface area contributed by atoms with E-state index in [0.717, 1.165) is 37.4 Å². The maximum atomic E-state index is 12.6. The van der Waals surface area contributed by atoms with Crippen LogP contribution in [0.15, 0.2) is 12.1 Å². The summed E-state index contributed by atoms with van der Waals surface area (Å²) in [6.45, 7) is 5.86. The van der Waals surface area contributed by atoms with Gasteiger partial charge in [-0.3, -0.25) is 4.79 Å². The number of nitrogens with one attached hydrogen (secondary N) is 1. The van der Waals surface area contributed by atoms with Gasteiger partial charge in [-0.1, -0.05) is 13.8 Å². The Morgan fingerprint density at radius 2 is 2.29 bits per heavy atom. The van der Waals surface area contributed by atoms with Crippen molar-refractivity contribution in [3.8, 4) is 0 Å². The van der Waals surface area contributed by atoms with Crippen LogP contribution in [0, 0.1) is 5.92 Å². The molecule has 2 N–H and O–H groups in total. The third-order valence-corrected chi connectivity index (χ3v) is 4.05. The van der Waals surface area contributed by atoms with Crippen molar-refractivity contribution in [1.29, 1.82) is 0 Å².